The second-order valence-corrected chi connectivity index (χ2v) is 21.0. The predicted octanol–water partition coefficient (Wildman–Crippen LogP) is 9.64. The van der Waals surface area contributed by atoms with Crippen molar-refractivity contribution in [3.8, 4) is 23.0 Å². The predicted molar refractivity (Wildman–Crippen MR) is 314 cm³/mol. The van der Waals surface area contributed by atoms with E-state index in [2.05, 4.69) is 217 Å². The van der Waals surface area contributed by atoms with Gasteiger partial charge < -0.3 is 53.6 Å². The van der Waals surface area contributed by atoms with Crippen LogP contribution in [-0.2, 0) is 0 Å². The lowest BCUT2D eigenvalue weighted by Gasteiger charge is -2.13. The number of nitrogens with one attached hydrogen (secondary N) is 4. The molecule has 0 spiro atoms. The van der Waals surface area contributed by atoms with Gasteiger partial charge in [-0.25, -0.2) is 0 Å². The summed E-state index contributed by atoms with van der Waals surface area (Å²) in [4.78, 5) is 22.2. The van der Waals surface area contributed by atoms with Crippen molar-refractivity contribution in [2.45, 2.75) is 58.3 Å². The molecular weight excluding hydrogens is 955 g/mol. The van der Waals surface area contributed by atoms with E-state index in [-0.39, 0.29) is 0 Å². The maximum absolute atomic E-state index is 6.36. The van der Waals surface area contributed by atoms with Crippen LogP contribution in [-0.4, -0.2) is 123 Å². The maximum Gasteiger partial charge on any atom is 0.119 e. The number of likely N-dealkylation sites (N-methyl/N-ethyl adjacent to an activating group) is 3. The molecule has 4 N–H and O–H groups in total. The Bertz CT molecular complexity index is 3410. The van der Waals surface area contributed by atoms with E-state index >= 15 is 0 Å². The highest BCUT2D eigenvalue weighted by Crippen LogP contribution is 2.31. The third-order valence-corrected chi connectivity index (χ3v) is 14.1. The van der Waals surface area contributed by atoms with Gasteiger partial charge in [0, 0.05) is 86.1 Å². The Morgan fingerprint density at radius 1 is 0.312 bits per heavy atom. The van der Waals surface area contributed by atoms with Gasteiger partial charge in [0.25, 0.3) is 0 Å². The van der Waals surface area contributed by atoms with E-state index in [4.69, 9.17) is 18.9 Å². The Labute approximate surface area is 455 Å². The third-order valence-electron chi connectivity index (χ3n) is 14.1. The molecule has 4 aromatic heterocycles. The van der Waals surface area contributed by atoms with Crippen molar-refractivity contribution < 1.29 is 18.9 Å². The minimum Gasteiger partial charge on any atom is -0.494 e. The van der Waals surface area contributed by atoms with E-state index in [0.29, 0.717) is 26.4 Å². The molecule has 402 valence electrons. The average Bonchev–Trinajstić information content (AvgIpc) is 4.30. The van der Waals surface area contributed by atoms with Gasteiger partial charge in [0.15, 0.2) is 0 Å². The number of benzene rings is 4. The lowest BCUT2D eigenvalue weighted by molar-refractivity contribution is 0.261. The van der Waals surface area contributed by atoms with Gasteiger partial charge >= 0.3 is 0 Å². The van der Waals surface area contributed by atoms with Crippen molar-refractivity contribution in [2.24, 2.45) is 0 Å². The molecule has 0 aliphatic carbocycles. The SMILES string of the molecule is CCCCCCCCCCOc1ccc(C2=c3ccc([nH]3)=C(c3cccc(OCCN(C)C)c3)c3ccc([nH]3)C(c3ccc(OCCN(C)C)cc3)=c3ccc([nH]3)=C(c3cccc(OCCN(C)C)c3)c3ccc2[nH]3)cc1. The number of ether oxygens (including phenoxy) is 4. The van der Waals surface area contributed by atoms with E-state index < -0.39 is 0 Å². The second kappa shape index (κ2) is 26.6. The molecule has 5 heterocycles. The van der Waals surface area contributed by atoms with Crippen LogP contribution < -0.4 is 40.3 Å². The summed E-state index contributed by atoms with van der Waals surface area (Å²) >= 11 is 0. The Morgan fingerprint density at radius 2 is 0.649 bits per heavy atom. The summed E-state index contributed by atoms with van der Waals surface area (Å²) < 4.78 is 25.2. The Kier molecular flexibility index (Phi) is 18.7. The maximum atomic E-state index is 6.36. The minimum atomic E-state index is 0.579. The Hall–Kier alpha value is -7.44. The zero-order valence-electron chi connectivity index (χ0n) is 46.4. The summed E-state index contributed by atoms with van der Waals surface area (Å²) in [5, 5.41) is 3.85. The fourth-order valence-electron chi connectivity index (χ4n) is 9.95. The number of fused-ring (bicyclic) bond motifs is 8. The van der Waals surface area contributed by atoms with Crippen LogP contribution in [0.3, 0.4) is 0 Å². The Balaban J connectivity index is 1.21. The number of aromatic nitrogens is 4. The van der Waals surface area contributed by atoms with Crippen LogP contribution in [0.5, 0.6) is 23.0 Å². The molecule has 8 bridgehead atoms. The highest BCUT2D eigenvalue weighted by atomic mass is 16.5. The van der Waals surface area contributed by atoms with Gasteiger partial charge in [0.2, 0.25) is 0 Å². The summed E-state index contributed by atoms with van der Waals surface area (Å²) in [5.74, 6) is 3.34. The molecule has 0 amide bonds. The first-order valence-electron chi connectivity index (χ1n) is 27.7. The van der Waals surface area contributed by atoms with Crippen molar-refractivity contribution in [1.29, 1.82) is 0 Å². The van der Waals surface area contributed by atoms with Gasteiger partial charge in [-0.3, -0.25) is 0 Å². The number of hydrogen-bond donors (Lipinski definition) is 4. The first-order valence-corrected chi connectivity index (χ1v) is 27.7. The van der Waals surface area contributed by atoms with Crippen molar-refractivity contribution in [2.75, 3.05) is 88.3 Å². The van der Waals surface area contributed by atoms with Gasteiger partial charge in [0.1, 0.15) is 42.8 Å². The first kappa shape index (κ1) is 54.4. The van der Waals surface area contributed by atoms with E-state index in [1.54, 1.807) is 0 Å². The first-order chi connectivity index (χ1) is 37.6. The number of nitrogens with zero attached hydrogens (tertiary/aromatic N) is 3. The van der Waals surface area contributed by atoms with Crippen LogP contribution >= 0.6 is 0 Å². The standard InChI is InChI=1S/C66H79N7O4/c1-8-9-10-11-12-13-14-15-41-74-51-26-22-47(23-27-51)63-55-30-34-59(67-55)65(49-18-16-20-53(45-49)76-43-39-72(4)5)61-36-32-57(69-61)64(48-24-28-52(29-25-48)75-42-38-71(2)3)58-33-37-62(70-58)66(60-35-31-56(63)68-60)50-19-17-21-54(46-50)77-44-40-73(6)7/h16-37,45-46,67-70H,8-15,38-44H2,1-7H3. The zero-order chi connectivity index (χ0) is 53.5. The molecule has 8 aromatic rings. The summed E-state index contributed by atoms with van der Waals surface area (Å²) in [6.07, 6.45) is 10.1. The molecule has 0 saturated carbocycles. The van der Waals surface area contributed by atoms with Gasteiger partial charge in [0.05, 0.1) is 6.61 Å². The number of unbranched alkanes of at least 4 members (excludes halogenated alkanes) is 7. The van der Waals surface area contributed by atoms with Crippen molar-refractivity contribution in [3.63, 3.8) is 0 Å². The van der Waals surface area contributed by atoms with Crippen molar-refractivity contribution in [1.82, 2.24) is 34.6 Å². The van der Waals surface area contributed by atoms with E-state index in [1.807, 2.05) is 12.1 Å². The van der Waals surface area contributed by atoms with Crippen LogP contribution in [0, 0.1) is 0 Å². The summed E-state index contributed by atoms with van der Waals surface area (Å²) in [6.45, 7) is 7.20. The Morgan fingerprint density at radius 3 is 1.03 bits per heavy atom. The highest BCUT2D eigenvalue weighted by molar-refractivity contribution is 5.85. The zero-order valence-corrected chi connectivity index (χ0v) is 46.4. The van der Waals surface area contributed by atoms with Crippen LogP contribution in [0.1, 0.15) is 103 Å². The summed E-state index contributed by atoms with van der Waals surface area (Å²) in [5.41, 5.74) is 12.1. The molecule has 1 aliphatic rings. The molecule has 4 aromatic carbocycles. The molecular formula is C66H79N7O4. The normalized spacial score (nSPS) is 12.6. The smallest absolute Gasteiger partial charge is 0.119 e. The van der Waals surface area contributed by atoms with Gasteiger partial charge in [-0.15, -0.1) is 0 Å². The summed E-state index contributed by atoms with van der Waals surface area (Å²) in [6, 6.07) is 51.5. The lowest BCUT2D eigenvalue weighted by atomic mass is 10.0. The van der Waals surface area contributed by atoms with Crippen LogP contribution in [0.2, 0.25) is 0 Å². The largest absolute Gasteiger partial charge is 0.494 e. The lowest BCUT2D eigenvalue weighted by Crippen LogP contribution is -2.20. The van der Waals surface area contributed by atoms with Crippen molar-refractivity contribution >= 4 is 22.3 Å². The molecule has 0 fully saturated rings. The molecule has 1 aliphatic heterocycles. The van der Waals surface area contributed by atoms with Crippen molar-refractivity contribution in [3.05, 3.63) is 212 Å². The van der Waals surface area contributed by atoms with E-state index in [1.165, 1.54) is 44.9 Å². The van der Waals surface area contributed by atoms with Crippen LogP contribution in [0.15, 0.2) is 146 Å². The molecule has 11 nitrogen and oxygen atoms in total. The molecule has 11 heteroatoms. The number of hydrogen-bond acceptors (Lipinski definition) is 7. The van der Waals surface area contributed by atoms with Gasteiger partial charge in [-0.05, 0) is 168 Å². The summed E-state index contributed by atoms with van der Waals surface area (Å²) in [7, 11) is 12.4. The molecule has 9 rings (SSSR count). The molecule has 0 radical (unpaired) electrons. The monoisotopic (exact) mass is 1030 g/mol. The van der Waals surface area contributed by atoms with Crippen LogP contribution in [0.25, 0.3) is 22.3 Å². The van der Waals surface area contributed by atoms with Gasteiger partial charge in [-0.1, -0.05) is 100 Å². The van der Waals surface area contributed by atoms with Crippen LogP contribution in [0.4, 0.5) is 0 Å². The quantitative estimate of drug-likeness (QED) is 0.0401. The number of aromatic amines is 4. The minimum absolute atomic E-state index is 0.579. The second-order valence-electron chi connectivity index (χ2n) is 21.0. The fraction of sp³-hybridized carbons (Fsp3) is 0.333. The van der Waals surface area contributed by atoms with E-state index in [9.17, 15) is 0 Å². The van der Waals surface area contributed by atoms with E-state index in [0.717, 1.165) is 138 Å². The third kappa shape index (κ3) is 14.3. The highest BCUT2D eigenvalue weighted by Gasteiger charge is 2.20. The fourth-order valence-corrected chi connectivity index (χ4v) is 9.95. The topological polar surface area (TPSA) is 110 Å². The molecule has 0 unspecified atom stereocenters. The molecule has 77 heavy (non-hydrogen) atoms. The molecule has 0 saturated heterocycles. The van der Waals surface area contributed by atoms with Gasteiger partial charge in [-0.2, -0.15) is 0 Å². The average molecular weight is 1030 g/mol. The number of H-pyrrole nitrogens is 4. The molecule has 0 atom stereocenters. The number of rotatable bonds is 26.